The number of nitrogens with two attached hydrogens (primary N) is 1. The Morgan fingerprint density at radius 2 is 1.80 bits per heavy atom. The van der Waals surface area contributed by atoms with Crippen molar-refractivity contribution in [3.05, 3.63) is 29.8 Å². The van der Waals surface area contributed by atoms with Crippen LogP contribution in [-0.4, -0.2) is 18.6 Å². The molecule has 1 aromatic carbocycles. The van der Waals surface area contributed by atoms with Crippen molar-refractivity contribution >= 4 is 11.6 Å². The van der Waals surface area contributed by atoms with Gasteiger partial charge in [0.1, 0.15) is 6.61 Å². The summed E-state index contributed by atoms with van der Waals surface area (Å²) in [7, 11) is 0. The summed E-state index contributed by atoms with van der Waals surface area (Å²) in [6.07, 6.45) is 7.43. The predicted octanol–water partition coefficient (Wildman–Crippen LogP) is 2.82. The lowest BCUT2D eigenvalue weighted by Crippen LogP contribution is -2.23. The van der Waals surface area contributed by atoms with Gasteiger partial charge >= 0.3 is 0 Å². The van der Waals surface area contributed by atoms with Crippen LogP contribution in [0, 0.1) is 0 Å². The first-order valence-corrected chi connectivity index (χ1v) is 7.48. The van der Waals surface area contributed by atoms with Crippen LogP contribution >= 0.6 is 0 Å². The molecule has 0 atom stereocenters. The van der Waals surface area contributed by atoms with Gasteiger partial charge in [-0.25, -0.2) is 0 Å². The Morgan fingerprint density at radius 1 is 1.15 bits per heavy atom. The van der Waals surface area contributed by atoms with E-state index in [4.69, 9.17) is 10.5 Å². The Morgan fingerprint density at radius 3 is 2.40 bits per heavy atom. The minimum absolute atomic E-state index is 0.0882. The highest BCUT2D eigenvalue weighted by Crippen LogP contribution is 2.19. The molecule has 1 fully saturated rings. The lowest BCUT2D eigenvalue weighted by molar-refractivity contribution is -0.122. The summed E-state index contributed by atoms with van der Waals surface area (Å²) in [6.45, 7) is 0.655. The van der Waals surface area contributed by atoms with E-state index in [9.17, 15) is 4.79 Å². The van der Waals surface area contributed by atoms with E-state index in [0.29, 0.717) is 6.54 Å². The molecule has 4 nitrogen and oxygen atoms in total. The average molecular weight is 276 g/mol. The number of hydrogen-bond acceptors (Lipinski definition) is 3. The highest BCUT2D eigenvalue weighted by atomic mass is 16.5. The second kappa shape index (κ2) is 8.02. The van der Waals surface area contributed by atoms with Gasteiger partial charge in [-0.2, -0.15) is 0 Å². The summed E-state index contributed by atoms with van der Waals surface area (Å²) < 4.78 is 5.71. The van der Waals surface area contributed by atoms with E-state index in [-0.39, 0.29) is 18.6 Å². The van der Waals surface area contributed by atoms with Crippen molar-refractivity contribution in [3.63, 3.8) is 0 Å². The zero-order valence-electron chi connectivity index (χ0n) is 11.9. The fourth-order valence-corrected chi connectivity index (χ4v) is 2.52. The smallest absolute Gasteiger partial charge is 0.250 e. The van der Waals surface area contributed by atoms with E-state index in [1.807, 2.05) is 24.3 Å². The number of rotatable bonds is 5. The zero-order valence-corrected chi connectivity index (χ0v) is 11.9. The van der Waals surface area contributed by atoms with Crippen LogP contribution in [0.5, 0.6) is 0 Å². The Bertz CT molecular complexity index is 409. The highest BCUT2D eigenvalue weighted by molar-refractivity contribution is 5.91. The standard InChI is InChI=1S/C16H24N2O2/c17-11-13-7-9-14(10-8-13)18-16(19)12-20-15-5-3-1-2-4-6-15/h7-10,15H,1-6,11-12,17H2,(H,18,19). The molecular formula is C16H24N2O2. The van der Waals surface area contributed by atoms with Crippen molar-refractivity contribution in [2.24, 2.45) is 5.73 Å². The molecule has 2 rings (SSSR count). The van der Waals surface area contributed by atoms with Crippen LogP contribution < -0.4 is 11.1 Å². The van der Waals surface area contributed by atoms with Gasteiger partial charge in [0.15, 0.2) is 0 Å². The molecule has 1 saturated carbocycles. The molecule has 0 spiro atoms. The Balaban J connectivity index is 1.73. The molecule has 3 N–H and O–H groups in total. The minimum atomic E-state index is -0.0882. The van der Waals surface area contributed by atoms with Crippen LogP contribution in [0.4, 0.5) is 5.69 Å². The molecule has 1 aliphatic carbocycles. The van der Waals surface area contributed by atoms with Crippen molar-refractivity contribution < 1.29 is 9.53 Å². The molecule has 0 saturated heterocycles. The number of nitrogens with one attached hydrogen (secondary N) is 1. The quantitative estimate of drug-likeness (QED) is 0.813. The van der Waals surface area contributed by atoms with E-state index < -0.39 is 0 Å². The third-order valence-electron chi connectivity index (χ3n) is 3.73. The van der Waals surface area contributed by atoms with Crippen LogP contribution in [0.15, 0.2) is 24.3 Å². The molecule has 0 heterocycles. The molecule has 0 bridgehead atoms. The normalized spacial score (nSPS) is 16.6. The topological polar surface area (TPSA) is 64.3 Å². The number of ether oxygens (including phenoxy) is 1. The van der Waals surface area contributed by atoms with Crippen LogP contribution in [-0.2, 0) is 16.1 Å². The molecule has 0 aliphatic heterocycles. The van der Waals surface area contributed by atoms with Crippen molar-refractivity contribution in [3.8, 4) is 0 Å². The highest BCUT2D eigenvalue weighted by Gasteiger charge is 2.14. The van der Waals surface area contributed by atoms with Gasteiger partial charge in [-0.15, -0.1) is 0 Å². The van der Waals surface area contributed by atoms with Crippen LogP contribution in [0.2, 0.25) is 0 Å². The number of hydrogen-bond donors (Lipinski definition) is 2. The second-order valence-corrected chi connectivity index (χ2v) is 5.37. The monoisotopic (exact) mass is 276 g/mol. The van der Waals surface area contributed by atoms with Crippen molar-refractivity contribution in [2.45, 2.75) is 51.2 Å². The summed E-state index contributed by atoms with van der Waals surface area (Å²) >= 11 is 0. The number of carbonyl (C=O) groups is 1. The summed E-state index contributed by atoms with van der Waals surface area (Å²) in [5.41, 5.74) is 7.38. The summed E-state index contributed by atoms with van der Waals surface area (Å²) in [5.74, 6) is -0.0882. The fraction of sp³-hybridized carbons (Fsp3) is 0.562. The van der Waals surface area contributed by atoms with E-state index in [0.717, 1.165) is 24.1 Å². The van der Waals surface area contributed by atoms with Gasteiger partial charge < -0.3 is 15.8 Å². The number of anilines is 1. The van der Waals surface area contributed by atoms with E-state index in [1.165, 1.54) is 25.7 Å². The molecule has 0 aromatic heterocycles. The first-order valence-electron chi connectivity index (χ1n) is 7.48. The maximum absolute atomic E-state index is 11.8. The Kier molecular flexibility index (Phi) is 6.02. The molecule has 1 aromatic rings. The Hall–Kier alpha value is -1.39. The first kappa shape index (κ1) is 15.0. The van der Waals surface area contributed by atoms with Crippen molar-refractivity contribution in [1.82, 2.24) is 0 Å². The second-order valence-electron chi connectivity index (χ2n) is 5.37. The van der Waals surface area contributed by atoms with Gasteiger partial charge in [0.05, 0.1) is 6.10 Å². The summed E-state index contributed by atoms with van der Waals surface area (Å²) in [4.78, 5) is 11.8. The van der Waals surface area contributed by atoms with E-state index >= 15 is 0 Å². The van der Waals surface area contributed by atoms with E-state index in [1.54, 1.807) is 0 Å². The number of carbonyl (C=O) groups excluding carboxylic acids is 1. The molecule has 1 aliphatic rings. The van der Waals surface area contributed by atoms with Gasteiger partial charge in [0.25, 0.3) is 0 Å². The Labute approximate surface area is 120 Å². The third kappa shape index (κ3) is 4.94. The van der Waals surface area contributed by atoms with Crippen molar-refractivity contribution in [2.75, 3.05) is 11.9 Å². The van der Waals surface area contributed by atoms with Gasteiger partial charge in [-0.05, 0) is 30.5 Å². The van der Waals surface area contributed by atoms with Crippen LogP contribution in [0.3, 0.4) is 0 Å². The first-order chi connectivity index (χ1) is 9.78. The lowest BCUT2D eigenvalue weighted by atomic mass is 10.1. The lowest BCUT2D eigenvalue weighted by Gasteiger charge is -2.15. The molecule has 20 heavy (non-hydrogen) atoms. The SMILES string of the molecule is NCc1ccc(NC(=O)COC2CCCCCC2)cc1. The molecule has 110 valence electrons. The zero-order chi connectivity index (χ0) is 14.2. The van der Waals surface area contributed by atoms with Crippen LogP contribution in [0.25, 0.3) is 0 Å². The predicted molar refractivity (Wildman–Crippen MR) is 80.4 cm³/mol. The van der Waals surface area contributed by atoms with Crippen molar-refractivity contribution in [1.29, 1.82) is 0 Å². The molecule has 1 amide bonds. The number of amides is 1. The van der Waals surface area contributed by atoms with Gasteiger partial charge in [0, 0.05) is 12.2 Å². The largest absolute Gasteiger partial charge is 0.368 e. The maximum atomic E-state index is 11.8. The summed E-state index contributed by atoms with van der Waals surface area (Å²) in [5, 5.41) is 2.84. The van der Waals surface area contributed by atoms with Gasteiger partial charge in [0.2, 0.25) is 5.91 Å². The van der Waals surface area contributed by atoms with Crippen LogP contribution in [0.1, 0.15) is 44.1 Å². The number of benzene rings is 1. The van der Waals surface area contributed by atoms with Gasteiger partial charge in [-0.1, -0.05) is 37.8 Å². The third-order valence-corrected chi connectivity index (χ3v) is 3.73. The minimum Gasteiger partial charge on any atom is -0.368 e. The summed E-state index contributed by atoms with van der Waals surface area (Å²) in [6, 6.07) is 7.57. The average Bonchev–Trinajstić information content (AvgIpc) is 2.74. The van der Waals surface area contributed by atoms with E-state index in [2.05, 4.69) is 5.32 Å². The molecule has 4 heteroatoms. The molecule has 0 unspecified atom stereocenters. The molecular weight excluding hydrogens is 252 g/mol. The molecule has 0 radical (unpaired) electrons. The van der Waals surface area contributed by atoms with Gasteiger partial charge in [-0.3, -0.25) is 4.79 Å². The fourth-order valence-electron chi connectivity index (χ4n) is 2.52. The maximum Gasteiger partial charge on any atom is 0.250 e.